The van der Waals surface area contributed by atoms with Crippen LogP contribution in [-0.4, -0.2) is 68.8 Å². The summed E-state index contributed by atoms with van der Waals surface area (Å²) in [5.74, 6) is -0.123. The summed E-state index contributed by atoms with van der Waals surface area (Å²) in [5, 5.41) is 0. The number of nitrogens with zero attached hydrogens (tertiary/aromatic N) is 1. The number of ether oxygens (including phenoxy) is 1. The van der Waals surface area contributed by atoms with Gasteiger partial charge in [0.1, 0.15) is 5.78 Å². The molecule has 0 saturated carbocycles. The van der Waals surface area contributed by atoms with Crippen LogP contribution in [0, 0.1) is 5.92 Å². The van der Waals surface area contributed by atoms with Crippen LogP contribution in [0.2, 0.25) is 0 Å². The van der Waals surface area contributed by atoms with Gasteiger partial charge in [0.05, 0.1) is 47.1 Å². The third-order valence-electron chi connectivity index (χ3n) is 6.39. The first kappa shape index (κ1) is 34.7. The maximum atomic E-state index is 12.3. The molecule has 0 saturated heterocycles. The molecule has 0 fully saturated rings. The molecule has 35 heavy (non-hydrogen) atoms. The van der Waals surface area contributed by atoms with E-state index in [9.17, 15) is 14.3 Å². The van der Waals surface area contributed by atoms with Crippen molar-refractivity contribution in [2.45, 2.75) is 117 Å². The molecule has 0 rings (SSSR count). The highest BCUT2D eigenvalue weighted by Crippen LogP contribution is 2.42. The lowest BCUT2D eigenvalue weighted by molar-refractivity contribution is -0.867. The molecule has 210 valence electrons. The van der Waals surface area contributed by atoms with Crippen molar-refractivity contribution in [1.82, 2.24) is 0 Å². The second-order valence-corrected chi connectivity index (χ2v) is 13.4. The van der Waals surface area contributed by atoms with Crippen LogP contribution in [0.5, 0.6) is 0 Å². The minimum atomic E-state index is -3.65. The number of unbranched alkanes of at least 4 members (excludes halogenated alkanes) is 14. The molecule has 0 aliphatic rings. The topological polar surface area (TPSA) is 72.8 Å². The van der Waals surface area contributed by atoms with E-state index in [2.05, 4.69) is 6.92 Å². The van der Waals surface area contributed by atoms with Crippen molar-refractivity contribution >= 4 is 13.4 Å². The molecule has 1 N–H and O–H groups in total. The Morgan fingerprint density at radius 1 is 0.800 bits per heavy atom. The summed E-state index contributed by atoms with van der Waals surface area (Å²) in [6.45, 7) is 5.52. The lowest BCUT2D eigenvalue weighted by Crippen LogP contribution is -2.37. The third kappa shape index (κ3) is 26.6. The molecular weight excluding hydrogens is 461 g/mol. The fraction of sp³-hybridized carbons (Fsp3) is 0.964. The van der Waals surface area contributed by atoms with Crippen LogP contribution in [0.1, 0.15) is 117 Å². The Labute approximate surface area is 217 Å². The quantitative estimate of drug-likeness (QED) is 0.0732. The number of hydrogen-bond donors (Lipinski definition) is 1. The van der Waals surface area contributed by atoms with E-state index < -0.39 is 7.60 Å². The minimum Gasteiger partial charge on any atom is -0.381 e. The monoisotopic (exact) mass is 520 g/mol. The van der Waals surface area contributed by atoms with E-state index in [1.807, 2.05) is 21.1 Å². The normalized spacial score (nSPS) is 14.7. The van der Waals surface area contributed by atoms with Crippen LogP contribution >= 0.6 is 7.60 Å². The van der Waals surface area contributed by atoms with Crippen LogP contribution in [0.25, 0.3) is 0 Å². The average Bonchev–Trinajstić information content (AvgIpc) is 2.77. The van der Waals surface area contributed by atoms with E-state index in [4.69, 9.17) is 9.26 Å². The standard InChI is InChI=1S/C28H58NO5P/c1-6-7-8-9-10-11-12-13-14-15-16-17-18-19-20-22-33-25-28(24-27(2)30)26-34-35(31,32)23-21-29(3,4)5/h28H,6-26H2,1-5H3/p+1. The van der Waals surface area contributed by atoms with Crippen molar-refractivity contribution < 1.29 is 28.0 Å². The molecule has 0 amide bonds. The van der Waals surface area contributed by atoms with Gasteiger partial charge in [-0.3, -0.25) is 4.57 Å². The Hall–Kier alpha value is -0.260. The summed E-state index contributed by atoms with van der Waals surface area (Å²) >= 11 is 0. The number of carbonyl (C=O) groups is 1. The van der Waals surface area contributed by atoms with Crippen LogP contribution in [0.15, 0.2) is 0 Å². The predicted octanol–water partition coefficient (Wildman–Crippen LogP) is 7.38. The Morgan fingerprint density at radius 2 is 1.26 bits per heavy atom. The molecule has 7 heteroatoms. The average molecular weight is 521 g/mol. The molecular formula is C28H59NO5P+. The van der Waals surface area contributed by atoms with Crippen molar-refractivity contribution in [3.05, 3.63) is 0 Å². The van der Waals surface area contributed by atoms with Gasteiger partial charge in [0.15, 0.2) is 0 Å². The fourth-order valence-corrected chi connectivity index (χ4v) is 5.54. The number of Topliss-reactive ketones (excluding diaryl/α,β-unsaturated/α-hetero) is 1. The van der Waals surface area contributed by atoms with Crippen molar-refractivity contribution in [3.63, 3.8) is 0 Å². The molecule has 0 aliphatic carbocycles. The van der Waals surface area contributed by atoms with Gasteiger partial charge < -0.3 is 23.4 Å². The first-order valence-electron chi connectivity index (χ1n) is 14.4. The smallest absolute Gasteiger partial charge is 0.333 e. The predicted molar refractivity (Wildman–Crippen MR) is 148 cm³/mol. The first-order valence-corrected chi connectivity index (χ1v) is 16.2. The summed E-state index contributed by atoms with van der Waals surface area (Å²) in [6.07, 6.45) is 20.5. The van der Waals surface area contributed by atoms with E-state index in [1.165, 1.54) is 96.8 Å². The van der Waals surface area contributed by atoms with Gasteiger partial charge in [0.25, 0.3) is 0 Å². The highest BCUT2D eigenvalue weighted by molar-refractivity contribution is 7.52. The van der Waals surface area contributed by atoms with Gasteiger partial charge in [-0.25, -0.2) is 0 Å². The molecule has 0 heterocycles. The first-order chi connectivity index (χ1) is 16.6. The second kappa shape index (κ2) is 21.8. The Kier molecular flexibility index (Phi) is 21.6. The highest BCUT2D eigenvalue weighted by atomic mass is 31.2. The maximum absolute atomic E-state index is 12.3. The summed E-state index contributed by atoms with van der Waals surface area (Å²) in [6, 6.07) is 0. The zero-order chi connectivity index (χ0) is 26.4. The Morgan fingerprint density at radius 3 is 1.69 bits per heavy atom. The molecule has 0 aromatic carbocycles. The number of rotatable bonds is 26. The molecule has 0 bridgehead atoms. The van der Waals surface area contributed by atoms with Crippen molar-refractivity contribution in [2.75, 3.05) is 53.7 Å². The SMILES string of the molecule is CCCCCCCCCCCCCCCCCOCC(COP(=O)(O)CC[N+](C)(C)C)CC(C)=O. The minimum absolute atomic E-state index is 0.0494. The molecule has 0 spiro atoms. The molecule has 2 atom stereocenters. The Bertz CT molecular complexity index is 550. The largest absolute Gasteiger partial charge is 0.381 e. The number of quaternary nitrogens is 1. The lowest BCUT2D eigenvalue weighted by atomic mass is 10.0. The summed E-state index contributed by atoms with van der Waals surface area (Å²) < 4.78 is 24.0. The summed E-state index contributed by atoms with van der Waals surface area (Å²) in [7, 11) is 2.28. The van der Waals surface area contributed by atoms with Gasteiger partial charge in [-0.1, -0.05) is 96.8 Å². The maximum Gasteiger partial charge on any atom is 0.333 e. The van der Waals surface area contributed by atoms with Crippen molar-refractivity contribution in [2.24, 2.45) is 5.92 Å². The number of hydrogen-bond acceptors (Lipinski definition) is 4. The van der Waals surface area contributed by atoms with Crippen molar-refractivity contribution in [3.8, 4) is 0 Å². The lowest BCUT2D eigenvalue weighted by Gasteiger charge is -2.25. The molecule has 0 aromatic rings. The number of ketones is 1. The molecule has 0 aromatic heterocycles. The van der Waals surface area contributed by atoms with E-state index in [0.29, 0.717) is 30.7 Å². The van der Waals surface area contributed by atoms with E-state index in [1.54, 1.807) is 0 Å². The second-order valence-electron chi connectivity index (χ2n) is 11.5. The molecule has 0 radical (unpaired) electrons. The van der Waals surface area contributed by atoms with Gasteiger partial charge >= 0.3 is 7.60 Å². The molecule has 6 nitrogen and oxygen atoms in total. The molecule has 2 unspecified atom stereocenters. The van der Waals surface area contributed by atoms with Crippen LogP contribution in [0.3, 0.4) is 0 Å². The zero-order valence-corrected chi connectivity index (χ0v) is 24.8. The third-order valence-corrected chi connectivity index (χ3v) is 7.70. The van der Waals surface area contributed by atoms with Gasteiger partial charge in [-0.15, -0.1) is 0 Å². The number of carbonyl (C=O) groups excluding carboxylic acids is 1. The highest BCUT2D eigenvalue weighted by Gasteiger charge is 2.25. The van der Waals surface area contributed by atoms with Crippen LogP contribution < -0.4 is 0 Å². The van der Waals surface area contributed by atoms with E-state index >= 15 is 0 Å². The zero-order valence-electron chi connectivity index (χ0n) is 23.9. The van der Waals surface area contributed by atoms with Crippen LogP contribution in [-0.2, 0) is 18.6 Å². The van der Waals surface area contributed by atoms with Gasteiger partial charge in [0, 0.05) is 18.9 Å². The summed E-state index contributed by atoms with van der Waals surface area (Å²) in [4.78, 5) is 21.7. The Balaban J connectivity index is 3.72. The van der Waals surface area contributed by atoms with Gasteiger partial charge in [-0.2, -0.15) is 0 Å². The van der Waals surface area contributed by atoms with Crippen LogP contribution in [0.4, 0.5) is 0 Å². The fourth-order valence-electron chi connectivity index (χ4n) is 4.11. The van der Waals surface area contributed by atoms with E-state index in [0.717, 1.165) is 6.42 Å². The van der Waals surface area contributed by atoms with Gasteiger partial charge in [-0.05, 0) is 13.3 Å². The van der Waals surface area contributed by atoms with Gasteiger partial charge in [0.2, 0.25) is 0 Å². The summed E-state index contributed by atoms with van der Waals surface area (Å²) in [5.41, 5.74) is 0. The molecule has 0 aliphatic heterocycles. The van der Waals surface area contributed by atoms with Crippen molar-refractivity contribution in [1.29, 1.82) is 0 Å². The van der Waals surface area contributed by atoms with E-state index in [-0.39, 0.29) is 24.5 Å².